The van der Waals surface area contributed by atoms with Gasteiger partial charge in [0.25, 0.3) is 5.91 Å². The Morgan fingerprint density at radius 3 is 2.40 bits per heavy atom. The molecule has 5 nitrogen and oxygen atoms in total. The Kier molecular flexibility index (Phi) is 5.30. The Bertz CT molecular complexity index is 865. The summed E-state index contributed by atoms with van der Waals surface area (Å²) in [6, 6.07) is 18.5. The van der Waals surface area contributed by atoms with E-state index in [-0.39, 0.29) is 5.91 Å². The summed E-state index contributed by atoms with van der Waals surface area (Å²) in [6.07, 6.45) is 1.67. The van der Waals surface area contributed by atoms with E-state index in [1.807, 2.05) is 36.4 Å². The Balaban J connectivity index is 1.68. The van der Waals surface area contributed by atoms with Gasteiger partial charge in [0.1, 0.15) is 11.6 Å². The van der Waals surface area contributed by atoms with Crippen molar-refractivity contribution in [3.05, 3.63) is 76.9 Å². The Morgan fingerprint density at radius 1 is 1.00 bits per heavy atom. The maximum absolute atomic E-state index is 12.4. The fraction of sp³-hybridized carbons (Fsp3) is 0.0526. The van der Waals surface area contributed by atoms with E-state index in [2.05, 4.69) is 31.5 Å². The quantitative estimate of drug-likeness (QED) is 0.645. The molecule has 0 radical (unpaired) electrons. The number of amides is 1. The number of methoxy groups -OCH3 is 1. The van der Waals surface area contributed by atoms with Gasteiger partial charge in [0.15, 0.2) is 0 Å². The molecule has 0 bridgehead atoms. The molecule has 1 aromatic heterocycles. The van der Waals surface area contributed by atoms with Crippen LogP contribution in [-0.2, 0) is 0 Å². The molecule has 0 saturated carbocycles. The molecule has 126 valence electrons. The van der Waals surface area contributed by atoms with Gasteiger partial charge in [-0.25, -0.2) is 4.98 Å². The number of aromatic nitrogens is 1. The molecule has 2 aromatic carbocycles. The van der Waals surface area contributed by atoms with Crippen LogP contribution in [0.2, 0.25) is 0 Å². The third kappa shape index (κ3) is 4.36. The van der Waals surface area contributed by atoms with Crippen LogP contribution in [0.15, 0.2) is 71.3 Å². The molecule has 25 heavy (non-hydrogen) atoms. The van der Waals surface area contributed by atoms with Gasteiger partial charge in [0.2, 0.25) is 0 Å². The lowest BCUT2D eigenvalue weighted by Crippen LogP contribution is -2.14. The summed E-state index contributed by atoms with van der Waals surface area (Å²) in [6.45, 7) is 0. The zero-order valence-electron chi connectivity index (χ0n) is 13.5. The number of nitrogens with zero attached hydrogens (tertiary/aromatic N) is 1. The molecule has 0 atom stereocenters. The van der Waals surface area contributed by atoms with Crippen LogP contribution in [0.25, 0.3) is 0 Å². The number of hydrogen-bond acceptors (Lipinski definition) is 4. The zero-order valence-corrected chi connectivity index (χ0v) is 15.1. The standard InChI is InChI=1S/C19H16BrN3O2/c1-25-17-5-3-2-4-16(17)19(24)23-18-11-10-15(12-21-18)22-14-8-6-13(20)7-9-14/h2-12,22H,1H3,(H,21,23,24). The molecular weight excluding hydrogens is 382 g/mol. The van der Waals surface area contributed by atoms with Gasteiger partial charge in [-0.15, -0.1) is 0 Å². The average Bonchev–Trinajstić information content (AvgIpc) is 2.65. The second kappa shape index (κ2) is 7.81. The minimum Gasteiger partial charge on any atom is -0.496 e. The van der Waals surface area contributed by atoms with Crippen LogP contribution in [-0.4, -0.2) is 18.0 Å². The van der Waals surface area contributed by atoms with E-state index in [1.165, 1.54) is 7.11 Å². The number of nitrogens with one attached hydrogen (secondary N) is 2. The van der Waals surface area contributed by atoms with Gasteiger partial charge in [-0.1, -0.05) is 28.1 Å². The number of hydrogen-bond donors (Lipinski definition) is 2. The highest BCUT2D eigenvalue weighted by atomic mass is 79.9. The van der Waals surface area contributed by atoms with E-state index >= 15 is 0 Å². The molecule has 0 aliphatic rings. The summed E-state index contributed by atoms with van der Waals surface area (Å²) < 4.78 is 6.22. The smallest absolute Gasteiger partial charge is 0.260 e. The number of anilines is 3. The van der Waals surface area contributed by atoms with Crippen molar-refractivity contribution < 1.29 is 9.53 Å². The van der Waals surface area contributed by atoms with Crippen molar-refractivity contribution in [3.8, 4) is 5.75 Å². The number of ether oxygens (including phenoxy) is 1. The Hall–Kier alpha value is -2.86. The van der Waals surface area contributed by atoms with Crippen LogP contribution in [0.1, 0.15) is 10.4 Å². The molecule has 2 N–H and O–H groups in total. The van der Waals surface area contributed by atoms with E-state index in [1.54, 1.807) is 30.5 Å². The first kappa shape index (κ1) is 17.0. The van der Waals surface area contributed by atoms with Crippen molar-refractivity contribution in [1.29, 1.82) is 0 Å². The fourth-order valence-corrected chi connectivity index (χ4v) is 2.52. The van der Waals surface area contributed by atoms with Gasteiger partial charge >= 0.3 is 0 Å². The molecule has 3 aromatic rings. The Morgan fingerprint density at radius 2 is 1.72 bits per heavy atom. The highest BCUT2D eigenvalue weighted by Crippen LogP contribution is 2.21. The number of halogens is 1. The molecule has 0 aliphatic carbocycles. The lowest BCUT2D eigenvalue weighted by molar-refractivity contribution is 0.102. The molecule has 0 fully saturated rings. The van der Waals surface area contributed by atoms with Gasteiger partial charge < -0.3 is 15.4 Å². The van der Waals surface area contributed by atoms with Gasteiger partial charge in [-0.05, 0) is 48.5 Å². The van der Waals surface area contributed by atoms with Crippen molar-refractivity contribution >= 4 is 39.0 Å². The van der Waals surface area contributed by atoms with E-state index in [9.17, 15) is 4.79 Å². The van der Waals surface area contributed by atoms with E-state index in [4.69, 9.17) is 4.74 Å². The van der Waals surface area contributed by atoms with Crippen LogP contribution in [0, 0.1) is 0 Å². The number of rotatable bonds is 5. The second-order valence-electron chi connectivity index (χ2n) is 5.22. The molecule has 0 aliphatic heterocycles. The number of benzene rings is 2. The van der Waals surface area contributed by atoms with E-state index < -0.39 is 0 Å². The number of carbonyl (C=O) groups excluding carboxylic acids is 1. The van der Waals surface area contributed by atoms with Crippen molar-refractivity contribution in [1.82, 2.24) is 4.98 Å². The monoisotopic (exact) mass is 397 g/mol. The van der Waals surface area contributed by atoms with Crippen molar-refractivity contribution in [2.75, 3.05) is 17.7 Å². The number of carbonyl (C=O) groups is 1. The first-order valence-corrected chi connectivity index (χ1v) is 8.38. The third-order valence-corrected chi connectivity index (χ3v) is 4.02. The molecule has 1 heterocycles. The lowest BCUT2D eigenvalue weighted by Gasteiger charge is -2.10. The highest BCUT2D eigenvalue weighted by molar-refractivity contribution is 9.10. The summed E-state index contributed by atoms with van der Waals surface area (Å²) in [4.78, 5) is 16.6. The minimum absolute atomic E-state index is 0.265. The summed E-state index contributed by atoms with van der Waals surface area (Å²) in [5.74, 6) is 0.726. The second-order valence-corrected chi connectivity index (χ2v) is 6.13. The zero-order chi connectivity index (χ0) is 17.6. The Labute approximate surface area is 154 Å². The van der Waals surface area contributed by atoms with Crippen molar-refractivity contribution in [3.63, 3.8) is 0 Å². The summed E-state index contributed by atoms with van der Waals surface area (Å²) in [5.41, 5.74) is 2.25. The van der Waals surface area contributed by atoms with Crippen LogP contribution >= 0.6 is 15.9 Å². The maximum Gasteiger partial charge on any atom is 0.260 e. The van der Waals surface area contributed by atoms with Gasteiger partial charge in [-0.2, -0.15) is 0 Å². The predicted molar refractivity (Wildman–Crippen MR) is 103 cm³/mol. The van der Waals surface area contributed by atoms with Crippen LogP contribution in [0.5, 0.6) is 5.75 Å². The van der Waals surface area contributed by atoms with Gasteiger partial charge in [-0.3, -0.25) is 4.79 Å². The van der Waals surface area contributed by atoms with Crippen LogP contribution in [0.3, 0.4) is 0 Å². The maximum atomic E-state index is 12.4. The topological polar surface area (TPSA) is 63.2 Å². The van der Waals surface area contributed by atoms with E-state index in [0.29, 0.717) is 17.1 Å². The van der Waals surface area contributed by atoms with Crippen LogP contribution < -0.4 is 15.4 Å². The molecule has 0 unspecified atom stereocenters. The molecule has 3 rings (SSSR count). The summed E-state index contributed by atoms with van der Waals surface area (Å²) in [7, 11) is 1.53. The largest absolute Gasteiger partial charge is 0.496 e. The summed E-state index contributed by atoms with van der Waals surface area (Å²) >= 11 is 3.40. The fourth-order valence-electron chi connectivity index (χ4n) is 2.26. The molecule has 6 heteroatoms. The van der Waals surface area contributed by atoms with Gasteiger partial charge in [0, 0.05) is 10.2 Å². The van der Waals surface area contributed by atoms with Crippen molar-refractivity contribution in [2.45, 2.75) is 0 Å². The van der Waals surface area contributed by atoms with E-state index in [0.717, 1.165) is 15.8 Å². The molecular formula is C19H16BrN3O2. The third-order valence-electron chi connectivity index (χ3n) is 3.49. The first-order valence-electron chi connectivity index (χ1n) is 7.59. The number of para-hydroxylation sites is 1. The normalized spacial score (nSPS) is 10.2. The van der Waals surface area contributed by atoms with Crippen LogP contribution in [0.4, 0.5) is 17.2 Å². The predicted octanol–water partition coefficient (Wildman–Crippen LogP) is 4.85. The van der Waals surface area contributed by atoms with Gasteiger partial charge in [0.05, 0.1) is 24.6 Å². The molecule has 1 amide bonds. The lowest BCUT2D eigenvalue weighted by atomic mass is 10.2. The first-order chi connectivity index (χ1) is 12.2. The van der Waals surface area contributed by atoms with Crippen molar-refractivity contribution in [2.24, 2.45) is 0 Å². The SMILES string of the molecule is COc1ccccc1C(=O)Nc1ccc(Nc2ccc(Br)cc2)cn1. The number of pyridine rings is 1. The summed E-state index contributed by atoms with van der Waals surface area (Å²) in [5, 5.41) is 6.01. The minimum atomic E-state index is -0.265. The molecule has 0 spiro atoms. The molecule has 0 saturated heterocycles. The highest BCUT2D eigenvalue weighted by Gasteiger charge is 2.12. The average molecular weight is 398 g/mol.